The van der Waals surface area contributed by atoms with Crippen LogP contribution in [0.5, 0.6) is 0 Å². The average molecular weight is 293 g/mol. The van der Waals surface area contributed by atoms with E-state index in [0.29, 0.717) is 19.7 Å². The van der Waals surface area contributed by atoms with Gasteiger partial charge < -0.3 is 15.8 Å². The molecule has 0 fully saturated rings. The van der Waals surface area contributed by atoms with Crippen LogP contribution in [0.15, 0.2) is 24.3 Å². The van der Waals surface area contributed by atoms with Crippen molar-refractivity contribution in [3.63, 3.8) is 0 Å². The van der Waals surface area contributed by atoms with Crippen molar-refractivity contribution >= 4 is 11.6 Å². The van der Waals surface area contributed by atoms with Gasteiger partial charge in [0.2, 0.25) is 5.91 Å². The lowest BCUT2D eigenvalue weighted by atomic mass is 10.1. The van der Waals surface area contributed by atoms with Crippen LogP contribution in [-0.4, -0.2) is 43.7 Å². The molecule has 0 spiro atoms. The molecular formula is C16H27N3O2. The molecule has 0 aromatic heterocycles. The maximum Gasteiger partial charge on any atom is 0.234 e. The van der Waals surface area contributed by atoms with Crippen molar-refractivity contribution < 1.29 is 9.53 Å². The van der Waals surface area contributed by atoms with Gasteiger partial charge in [-0.25, -0.2) is 0 Å². The van der Waals surface area contributed by atoms with Crippen LogP contribution in [0.1, 0.15) is 25.8 Å². The second-order valence-corrected chi connectivity index (χ2v) is 5.33. The number of nitrogens with zero attached hydrogens (tertiary/aromatic N) is 1. The minimum absolute atomic E-state index is 0.0162. The summed E-state index contributed by atoms with van der Waals surface area (Å²) in [7, 11) is 1.63. The first-order valence-electron chi connectivity index (χ1n) is 7.40. The molecule has 0 radical (unpaired) electrons. The van der Waals surface area contributed by atoms with Crippen LogP contribution in [0.25, 0.3) is 0 Å². The zero-order valence-electron chi connectivity index (χ0n) is 13.3. The molecule has 0 saturated carbocycles. The fourth-order valence-electron chi connectivity index (χ4n) is 2.26. The highest BCUT2D eigenvalue weighted by Gasteiger charge is 2.13. The Bertz CT molecular complexity index is 437. The molecule has 0 saturated heterocycles. The Kier molecular flexibility index (Phi) is 7.79. The number of rotatable bonds is 9. The molecular weight excluding hydrogens is 266 g/mol. The molecule has 21 heavy (non-hydrogen) atoms. The predicted octanol–water partition coefficient (Wildman–Crippen LogP) is 1.63. The number of carbonyl (C=O) groups excluding carboxylic acids is 1. The lowest BCUT2D eigenvalue weighted by molar-refractivity contribution is -0.123. The zero-order chi connectivity index (χ0) is 15.7. The number of nitrogen functional groups attached to an aromatic ring is 1. The molecule has 1 unspecified atom stereocenters. The van der Waals surface area contributed by atoms with Crippen LogP contribution < -0.4 is 11.1 Å². The molecule has 0 heterocycles. The Morgan fingerprint density at radius 3 is 2.76 bits per heavy atom. The van der Waals surface area contributed by atoms with E-state index < -0.39 is 0 Å². The number of anilines is 1. The Balaban J connectivity index is 2.57. The van der Waals surface area contributed by atoms with E-state index in [2.05, 4.69) is 17.1 Å². The number of nitrogens with one attached hydrogen (secondary N) is 1. The first kappa shape index (κ1) is 17.5. The van der Waals surface area contributed by atoms with Crippen LogP contribution in [0.4, 0.5) is 5.69 Å². The maximum atomic E-state index is 12.0. The van der Waals surface area contributed by atoms with Crippen LogP contribution >= 0.6 is 0 Å². The summed E-state index contributed by atoms with van der Waals surface area (Å²) in [5.74, 6) is 0.0162. The smallest absolute Gasteiger partial charge is 0.234 e. The topological polar surface area (TPSA) is 67.6 Å². The van der Waals surface area contributed by atoms with Crippen LogP contribution in [0.3, 0.4) is 0 Å². The summed E-state index contributed by atoms with van der Waals surface area (Å²) >= 11 is 0. The van der Waals surface area contributed by atoms with Crippen molar-refractivity contribution in [1.82, 2.24) is 10.2 Å². The minimum atomic E-state index is 0.0162. The highest BCUT2D eigenvalue weighted by molar-refractivity contribution is 5.78. The van der Waals surface area contributed by atoms with E-state index in [-0.39, 0.29) is 11.9 Å². The normalized spacial score (nSPS) is 12.4. The summed E-state index contributed by atoms with van der Waals surface area (Å²) in [6, 6.07) is 7.80. The number of carbonyl (C=O) groups is 1. The van der Waals surface area contributed by atoms with Crippen molar-refractivity contribution in [2.24, 2.45) is 0 Å². The van der Waals surface area contributed by atoms with E-state index in [1.165, 1.54) is 0 Å². The van der Waals surface area contributed by atoms with E-state index in [1.807, 2.05) is 31.2 Å². The number of hydrogen-bond acceptors (Lipinski definition) is 4. The number of methoxy groups -OCH3 is 1. The first-order valence-corrected chi connectivity index (χ1v) is 7.40. The third-order valence-electron chi connectivity index (χ3n) is 3.18. The first-order chi connectivity index (χ1) is 10.1. The molecule has 0 aliphatic rings. The van der Waals surface area contributed by atoms with Gasteiger partial charge in [-0.1, -0.05) is 25.1 Å². The van der Waals surface area contributed by atoms with Gasteiger partial charge in [0, 0.05) is 25.4 Å². The van der Waals surface area contributed by atoms with Crippen molar-refractivity contribution in [1.29, 1.82) is 0 Å². The van der Waals surface area contributed by atoms with Crippen molar-refractivity contribution in [2.45, 2.75) is 32.9 Å². The number of hydrogen-bond donors (Lipinski definition) is 2. The number of amides is 1. The van der Waals surface area contributed by atoms with Gasteiger partial charge in [0.05, 0.1) is 13.2 Å². The molecule has 1 aromatic carbocycles. The van der Waals surface area contributed by atoms with Gasteiger partial charge in [0.1, 0.15) is 0 Å². The monoisotopic (exact) mass is 293 g/mol. The Labute approximate surface area is 127 Å². The Hall–Kier alpha value is -1.59. The fourth-order valence-corrected chi connectivity index (χ4v) is 2.26. The molecule has 0 aliphatic carbocycles. The second-order valence-electron chi connectivity index (χ2n) is 5.33. The molecule has 1 aromatic rings. The van der Waals surface area contributed by atoms with Gasteiger partial charge in [-0.05, 0) is 31.5 Å². The summed E-state index contributed by atoms with van der Waals surface area (Å²) in [5.41, 5.74) is 7.80. The van der Waals surface area contributed by atoms with Crippen LogP contribution in [-0.2, 0) is 16.1 Å². The molecule has 3 N–H and O–H groups in total. The fraction of sp³-hybridized carbons (Fsp3) is 0.562. The third kappa shape index (κ3) is 6.60. The molecule has 1 rings (SSSR count). The summed E-state index contributed by atoms with van der Waals surface area (Å²) in [6.07, 6.45) is 0.994. The highest BCUT2D eigenvalue weighted by Crippen LogP contribution is 2.13. The Morgan fingerprint density at radius 1 is 1.43 bits per heavy atom. The van der Waals surface area contributed by atoms with Gasteiger partial charge >= 0.3 is 0 Å². The zero-order valence-corrected chi connectivity index (χ0v) is 13.3. The molecule has 0 aliphatic heterocycles. The standard InChI is InChI=1S/C16H27N3O2/c1-4-9-19(10-14-7-5-6-8-15(14)17)11-16(20)18-13(2)12-21-3/h5-8,13H,4,9-12,17H2,1-3H3,(H,18,20). The number of ether oxygens (including phenoxy) is 1. The van der Waals surface area contributed by atoms with Gasteiger partial charge in [0.25, 0.3) is 0 Å². The SMILES string of the molecule is CCCN(CC(=O)NC(C)COC)Cc1ccccc1N. The number of para-hydroxylation sites is 1. The van der Waals surface area contributed by atoms with Crippen LogP contribution in [0, 0.1) is 0 Å². The second kappa shape index (κ2) is 9.37. The van der Waals surface area contributed by atoms with Gasteiger partial charge in [0.15, 0.2) is 0 Å². The van der Waals surface area contributed by atoms with Gasteiger partial charge in [-0.3, -0.25) is 9.69 Å². The quantitative estimate of drug-likeness (QED) is 0.679. The molecule has 5 heteroatoms. The molecule has 5 nitrogen and oxygen atoms in total. The highest BCUT2D eigenvalue weighted by atomic mass is 16.5. The van der Waals surface area contributed by atoms with Gasteiger partial charge in [-0.15, -0.1) is 0 Å². The average Bonchev–Trinajstić information content (AvgIpc) is 2.41. The van der Waals surface area contributed by atoms with E-state index in [9.17, 15) is 4.79 Å². The third-order valence-corrected chi connectivity index (χ3v) is 3.18. The number of nitrogens with two attached hydrogens (primary N) is 1. The molecule has 118 valence electrons. The van der Waals surface area contributed by atoms with Gasteiger partial charge in [-0.2, -0.15) is 0 Å². The van der Waals surface area contributed by atoms with E-state index in [4.69, 9.17) is 10.5 Å². The maximum absolute atomic E-state index is 12.0. The summed E-state index contributed by atoms with van der Waals surface area (Å²) in [6.45, 7) is 6.47. The van der Waals surface area contributed by atoms with E-state index in [0.717, 1.165) is 24.2 Å². The summed E-state index contributed by atoms with van der Waals surface area (Å²) in [4.78, 5) is 14.2. The van der Waals surface area contributed by atoms with Crippen molar-refractivity contribution in [3.05, 3.63) is 29.8 Å². The summed E-state index contributed by atoms with van der Waals surface area (Å²) < 4.78 is 5.02. The molecule has 0 bridgehead atoms. The van der Waals surface area contributed by atoms with Crippen molar-refractivity contribution in [2.75, 3.05) is 32.5 Å². The van der Waals surface area contributed by atoms with E-state index >= 15 is 0 Å². The van der Waals surface area contributed by atoms with E-state index in [1.54, 1.807) is 7.11 Å². The number of benzene rings is 1. The minimum Gasteiger partial charge on any atom is -0.398 e. The molecule has 1 amide bonds. The lowest BCUT2D eigenvalue weighted by Gasteiger charge is -2.23. The Morgan fingerprint density at radius 2 is 2.14 bits per heavy atom. The molecule has 1 atom stereocenters. The largest absolute Gasteiger partial charge is 0.398 e. The predicted molar refractivity (Wildman–Crippen MR) is 85.9 cm³/mol. The van der Waals surface area contributed by atoms with Crippen molar-refractivity contribution in [3.8, 4) is 0 Å². The lowest BCUT2D eigenvalue weighted by Crippen LogP contribution is -2.42. The van der Waals surface area contributed by atoms with Crippen LogP contribution in [0.2, 0.25) is 0 Å². The summed E-state index contributed by atoms with van der Waals surface area (Å²) in [5, 5.41) is 2.93.